The first kappa shape index (κ1) is 8.41. The molecule has 0 spiro atoms. The molecule has 62 valence electrons. The molecular formula is C9H9NO2. The molecule has 12 heavy (non-hydrogen) atoms. The van der Waals surface area contributed by atoms with Gasteiger partial charge in [-0.2, -0.15) is 0 Å². The lowest BCUT2D eigenvalue weighted by Gasteiger charge is -1.98. The Labute approximate surface area is 70.8 Å². The van der Waals surface area contributed by atoms with Crippen molar-refractivity contribution in [2.24, 2.45) is 0 Å². The van der Waals surface area contributed by atoms with Gasteiger partial charge >= 0.3 is 0 Å². The highest BCUT2D eigenvalue weighted by Crippen LogP contribution is 1.98. The summed E-state index contributed by atoms with van der Waals surface area (Å²) in [6.07, 6.45) is 8.41. The Balaban J connectivity index is 2.36. The molecule has 0 aliphatic carbocycles. The minimum Gasteiger partial charge on any atom is -0.472 e. The van der Waals surface area contributed by atoms with Crippen LogP contribution in [0, 0.1) is 12.3 Å². The van der Waals surface area contributed by atoms with Gasteiger partial charge in [-0.25, -0.2) is 0 Å². The van der Waals surface area contributed by atoms with Crippen molar-refractivity contribution >= 4 is 5.91 Å². The molecule has 1 rings (SSSR count). The lowest BCUT2D eigenvalue weighted by molar-refractivity contribution is 0.0954. The first-order valence-electron chi connectivity index (χ1n) is 3.58. The number of carbonyl (C=O) groups is 1. The maximum absolute atomic E-state index is 11.1. The fourth-order valence-electron chi connectivity index (χ4n) is 0.744. The molecule has 3 heteroatoms. The summed E-state index contributed by atoms with van der Waals surface area (Å²) >= 11 is 0. The van der Waals surface area contributed by atoms with E-state index in [-0.39, 0.29) is 5.91 Å². The Hall–Kier alpha value is -1.69. The summed E-state index contributed by atoms with van der Waals surface area (Å²) in [5.74, 6) is 2.28. The fourth-order valence-corrected chi connectivity index (χ4v) is 0.744. The predicted octanol–water partition coefficient (Wildman–Crippen LogP) is 1.03. The lowest BCUT2D eigenvalue weighted by Crippen LogP contribution is -2.23. The molecule has 0 aliphatic heterocycles. The molecule has 1 N–H and O–H groups in total. The van der Waals surface area contributed by atoms with Crippen molar-refractivity contribution in [2.45, 2.75) is 6.42 Å². The molecular weight excluding hydrogens is 154 g/mol. The average molecular weight is 163 g/mol. The summed E-state index contributed by atoms with van der Waals surface area (Å²) in [4.78, 5) is 11.1. The molecule has 0 fully saturated rings. The first-order valence-corrected chi connectivity index (χ1v) is 3.58. The molecule has 0 aromatic carbocycles. The van der Waals surface area contributed by atoms with Crippen molar-refractivity contribution in [1.82, 2.24) is 5.32 Å². The summed E-state index contributed by atoms with van der Waals surface area (Å²) < 4.78 is 4.74. The van der Waals surface area contributed by atoms with Gasteiger partial charge in [-0.15, -0.1) is 12.3 Å². The number of nitrogens with one attached hydrogen (secondary N) is 1. The van der Waals surface area contributed by atoms with E-state index in [2.05, 4.69) is 11.2 Å². The Bertz CT molecular complexity index is 282. The summed E-state index contributed by atoms with van der Waals surface area (Å²) in [6.45, 7) is 0.501. The Morgan fingerprint density at radius 2 is 2.58 bits per heavy atom. The Kier molecular flexibility index (Phi) is 2.97. The number of hydrogen-bond donors (Lipinski definition) is 1. The van der Waals surface area contributed by atoms with Crippen LogP contribution in [0.25, 0.3) is 0 Å². The van der Waals surface area contributed by atoms with Gasteiger partial charge < -0.3 is 9.73 Å². The zero-order chi connectivity index (χ0) is 8.81. The van der Waals surface area contributed by atoms with Crippen molar-refractivity contribution in [1.29, 1.82) is 0 Å². The maximum atomic E-state index is 11.1. The van der Waals surface area contributed by atoms with Gasteiger partial charge in [0.05, 0.1) is 11.8 Å². The van der Waals surface area contributed by atoms with Gasteiger partial charge in [0.1, 0.15) is 6.26 Å². The second-order valence-corrected chi connectivity index (χ2v) is 2.22. The van der Waals surface area contributed by atoms with Gasteiger partial charge in [0.25, 0.3) is 5.91 Å². The lowest BCUT2D eigenvalue weighted by atomic mass is 10.3. The summed E-state index contributed by atoms with van der Waals surface area (Å²) in [6, 6.07) is 1.60. The Morgan fingerprint density at radius 3 is 3.17 bits per heavy atom. The Morgan fingerprint density at radius 1 is 1.75 bits per heavy atom. The monoisotopic (exact) mass is 163 g/mol. The van der Waals surface area contributed by atoms with Crippen LogP contribution in [0.3, 0.4) is 0 Å². The molecule has 0 unspecified atom stereocenters. The van der Waals surface area contributed by atoms with Crippen LogP contribution in [0.4, 0.5) is 0 Å². The first-order chi connectivity index (χ1) is 5.84. The van der Waals surface area contributed by atoms with Crippen LogP contribution < -0.4 is 5.32 Å². The minimum atomic E-state index is -0.154. The van der Waals surface area contributed by atoms with Crippen molar-refractivity contribution < 1.29 is 9.21 Å². The number of furan rings is 1. The molecule has 0 atom stereocenters. The van der Waals surface area contributed by atoms with Gasteiger partial charge in [-0.1, -0.05) is 0 Å². The normalized spacial score (nSPS) is 8.92. The third-order valence-electron chi connectivity index (χ3n) is 1.34. The van der Waals surface area contributed by atoms with Crippen molar-refractivity contribution in [3.05, 3.63) is 24.2 Å². The third-order valence-corrected chi connectivity index (χ3v) is 1.34. The molecule has 0 saturated carbocycles. The molecule has 0 aliphatic rings. The van der Waals surface area contributed by atoms with E-state index in [4.69, 9.17) is 10.8 Å². The molecule has 1 aromatic heterocycles. The summed E-state index contributed by atoms with van der Waals surface area (Å²) in [5.41, 5.74) is 0.520. The van der Waals surface area contributed by atoms with Crippen LogP contribution in [0.2, 0.25) is 0 Å². The highest BCUT2D eigenvalue weighted by atomic mass is 16.3. The predicted molar refractivity (Wildman–Crippen MR) is 44.5 cm³/mol. The van der Waals surface area contributed by atoms with Crippen LogP contribution in [-0.2, 0) is 0 Å². The molecule has 0 bridgehead atoms. The number of rotatable bonds is 3. The van der Waals surface area contributed by atoms with E-state index < -0.39 is 0 Å². The number of carbonyl (C=O) groups excluding carboxylic acids is 1. The van der Waals surface area contributed by atoms with E-state index in [1.54, 1.807) is 6.07 Å². The third kappa shape index (κ3) is 2.17. The van der Waals surface area contributed by atoms with Gasteiger partial charge in [0.2, 0.25) is 0 Å². The minimum absolute atomic E-state index is 0.154. The van der Waals surface area contributed by atoms with Crippen molar-refractivity contribution in [3.63, 3.8) is 0 Å². The second-order valence-electron chi connectivity index (χ2n) is 2.22. The quantitative estimate of drug-likeness (QED) is 0.534. The highest BCUT2D eigenvalue weighted by Gasteiger charge is 2.03. The van der Waals surface area contributed by atoms with E-state index in [1.165, 1.54) is 12.5 Å². The number of amides is 1. The van der Waals surface area contributed by atoms with E-state index in [0.29, 0.717) is 18.5 Å². The largest absolute Gasteiger partial charge is 0.472 e. The average Bonchev–Trinajstić information content (AvgIpc) is 2.56. The molecule has 1 amide bonds. The van der Waals surface area contributed by atoms with E-state index >= 15 is 0 Å². The second kappa shape index (κ2) is 4.24. The number of terminal acetylenes is 1. The standard InChI is InChI=1S/C9H9NO2/c1-2-3-5-10-9(11)8-4-6-12-7-8/h1,4,6-7H,3,5H2,(H,10,11). The van der Waals surface area contributed by atoms with Gasteiger partial charge in [0.15, 0.2) is 0 Å². The van der Waals surface area contributed by atoms with Gasteiger partial charge in [-0.05, 0) is 6.07 Å². The zero-order valence-corrected chi connectivity index (χ0v) is 6.54. The van der Waals surface area contributed by atoms with Crippen molar-refractivity contribution in [3.8, 4) is 12.3 Å². The van der Waals surface area contributed by atoms with Crippen LogP contribution >= 0.6 is 0 Å². The maximum Gasteiger partial charge on any atom is 0.254 e. The number of hydrogen-bond acceptors (Lipinski definition) is 2. The fraction of sp³-hybridized carbons (Fsp3) is 0.222. The molecule has 1 heterocycles. The van der Waals surface area contributed by atoms with Crippen LogP contribution in [0.1, 0.15) is 16.8 Å². The van der Waals surface area contributed by atoms with Gasteiger partial charge in [-0.3, -0.25) is 4.79 Å². The van der Waals surface area contributed by atoms with E-state index in [1.807, 2.05) is 0 Å². The zero-order valence-electron chi connectivity index (χ0n) is 6.54. The van der Waals surface area contributed by atoms with Crippen LogP contribution in [0.15, 0.2) is 23.0 Å². The van der Waals surface area contributed by atoms with E-state index in [9.17, 15) is 4.79 Å². The topological polar surface area (TPSA) is 42.2 Å². The highest BCUT2D eigenvalue weighted by molar-refractivity contribution is 5.93. The summed E-state index contributed by atoms with van der Waals surface area (Å²) in [7, 11) is 0. The van der Waals surface area contributed by atoms with Crippen molar-refractivity contribution in [2.75, 3.05) is 6.54 Å². The molecule has 0 saturated heterocycles. The van der Waals surface area contributed by atoms with Crippen LogP contribution in [-0.4, -0.2) is 12.5 Å². The van der Waals surface area contributed by atoms with Crippen LogP contribution in [0.5, 0.6) is 0 Å². The molecule has 1 aromatic rings. The summed E-state index contributed by atoms with van der Waals surface area (Å²) in [5, 5.41) is 2.64. The van der Waals surface area contributed by atoms with E-state index in [0.717, 1.165) is 0 Å². The smallest absolute Gasteiger partial charge is 0.254 e. The van der Waals surface area contributed by atoms with Gasteiger partial charge in [0, 0.05) is 13.0 Å². The molecule has 0 radical (unpaired) electrons. The molecule has 3 nitrogen and oxygen atoms in total. The SMILES string of the molecule is C#CCCNC(=O)c1ccoc1.